The fourth-order valence-electron chi connectivity index (χ4n) is 3.47. The summed E-state index contributed by atoms with van der Waals surface area (Å²) < 4.78 is 10.7. The maximum absolute atomic E-state index is 13.1. The van der Waals surface area contributed by atoms with Gasteiger partial charge < -0.3 is 20.1 Å². The van der Waals surface area contributed by atoms with Gasteiger partial charge in [-0.05, 0) is 37.1 Å². The van der Waals surface area contributed by atoms with Gasteiger partial charge in [0.2, 0.25) is 12.7 Å². The van der Waals surface area contributed by atoms with Gasteiger partial charge in [-0.15, -0.1) is 0 Å². The van der Waals surface area contributed by atoms with Gasteiger partial charge in [-0.25, -0.2) is 9.69 Å². The first-order chi connectivity index (χ1) is 13.9. The van der Waals surface area contributed by atoms with Gasteiger partial charge in [0.05, 0.1) is 0 Å². The molecule has 1 saturated heterocycles. The van der Waals surface area contributed by atoms with E-state index in [1.807, 2.05) is 30.3 Å². The molecule has 2 aliphatic rings. The Morgan fingerprint density at radius 2 is 1.90 bits per heavy atom. The Morgan fingerprint density at radius 3 is 2.66 bits per heavy atom. The third-order valence-electron chi connectivity index (χ3n) is 5.25. The largest absolute Gasteiger partial charge is 0.454 e. The van der Waals surface area contributed by atoms with Crippen LogP contribution in [0, 0.1) is 0 Å². The maximum Gasteiger partial charge on any atom is 0.326 e. The molecule has 2 heterocycles. The van der Waals surface area contributed by atoms with Crippen LogP contribution in [0.1, 0.15) is 25.0 Å². The van der Waals surface area contributed by atoms with Crippen LogP contribution >= 0.6 is 0 Å². The number of urea groups is 1. The summed E-state index contributed by atoms with van der Waals surface area (Å²) in [7, 11) is 0. The highest BCUT2D eigenvalue weighted by Gasteiger charge is 2.52. The molecule has 2 aromatic carbocycles. The van der Waals surface area contributed by atoms with Crippen LogP contribution in [0.25, 0.3) is 0 Å². The molecule has 4 rings (SSSR count). The van der Waals surface area contributed by atoms with E-state index in [9.17, 15) is 14.4 Å². The monoisotopic (exact) mass is 395 g/mol. The van der Waals surface area contributed by atoms with Gasteiger partial charge in [0.15, 0.2) is 11.5 Å². The molecule has 2 aliphatic heterocycles. The molecule has 1 fully saturated rings. The van der Waals surface area contributed by atoms with Crippen molar-refractivity contribution in [2.24, 2.45) is 0 Å². The molecule has 150 valence electrons. The van der Waals surface area contributed by atoms with E-state index < -0.39 is 29.4 Å². The van der Waals surface area contributed by atoms with Gasteiger partial charge in [0, 0.05) is 6.54 Å². The zero-order chi connectivity index (χ0) is 20.6. The average Bonchev–Trinajstić information content (AvgIpc) is 3.28. The normalized spacial score (nSPS) is 21.1. The number of nitrogens with one attached hydrogen (secondary N) is 2. The quantitative estimate of drug-likeness (QED) is 0.754. The lowest BCUT2D eigenvalue weighted by molar-refractivity contribution is -0.137. The number of fused-ring (bicyclic) bond motifs is 1. The number of amides is 4. The minimum atomic E-state index is -1.30. The van der Waals surface area contributed by atoms with E-state index in [4.69, 9.17) is 9.47 Å². The van der Waals surface area contributed by atoms with Crippen molar-refractivity contribution >= 4 is 17.8 Å². The number of carbonyl (C=O) groups excluding carboxylic acids is 3. The first-order valence-corrected chi connectivity index (χ1v) is 9.28. The molecule has 8 nitrogen and oxygen atoms in total. The molecule has 29 heavy (non-hydrogen) atoms. The predicted octanol–water partition coefficient (Wildman–Crippen LogP) is 1.89. The summed E-state index contributed by atoms with van der Waals surface area (Å²) in [5, 5.41) is 5.48. The minimum absolute atomic E-state index is 0.112. The molecule has 0 saturated carbocycles. The maximum atomic E-state index is 13.1. The number of carbonyl (C=O) groups is 3. The van der Waals surface area contributed by atoms with Crippen LogP contribution < -0.4 is 20.1 Å². The van der Waals surface area contributed by atoms with Crippen LogP contribution in [-0.4, -0.2) is 35.6 Å². The van der Waals surface area contributed by atoms with Crippen molar-refractivity contribution < 1.29 is 23.9 Å². The van der Waals surface area contributed by atoms with Crippen molar-refractivity contribution in [3.05, 3.63) is 59.7 Å². The van der Waals surface area contributed by atoms with E-state index in [2.05, 4.69) is 10.6 Å². The highest BCUT2D eigenvalue weighted by Crippen LogP contribution is 2.38. The summed E-state index contributed by atoms with van der Waals surface area (Å²) in [5.74, 6) is 0.188. The third-order valence-corrected chi connectivity index (χ3v) is 5.25. The Kier molecular flexibility index (Phi) is 4.62. The molecule has 2 unspecified atom stereocenters. The molecule has 0 radical (unpaired) electrons. The van der Waals surface area contributed by atoms with Crippen molar-refractivity contribution in [1.82, 2.24) is 15.5 Å². The fraction of sp³-hybridized carbons (Fsp3) is 0.286. The predicted molar refractivity (Wildman–Crippen MR) is 103 cm³/mol. The van der Waals surface area contributed by atoms with Crippen LogP contribution in [-0.2, 0) is 21.7 Å². The third kappa shape index (κ3) is 3.26. The van der Waals surface area contributed by atoms with Crippen molar-refractivity contribution in [2.45, 2.75) is 32.0 Å². The van der Waals surface area contributed by atoms with Crippen molar-refractivity contribution in [3.63, 3.8) is 0 Å². The van der Waals surface area contributed by atoms with Crippen LogP contribution in [0.4, 0.5) is 4.79 Å². The van der Waals surface area contributed by atoms with Crippen LogP contribution in [0.5, 0.6) is 11.5 Å². The van der Waals surface area contributed by atoms with Gasteiger partial charge in [-0.3, -0.25) is 9.59 Å². The second kappa shape index (κ2) is 7.12. The zero-order valence-electron chi connectivity index (χ0n) is 16.1. The Morgan fingerprint density at radius 1 is 1.17 bits per heavy atom. The summed E-state index contributed by atoms with van der Waals surface area (Å²) in [6, 6.07) is 12.9. The molecule has 0 bridgehead atoms. The molecule has 0 spiro atoms. The number of imide groups is 1. The molecular formula is C21H21N3O5. The number of benzene rings is 2. The second-order valence-electron chi connectivity index (χ2n) is 7.18. The van der Waals surface area contributed by atoms with Crippen LogP contribution in [0.15, 0.2) is 48.5 Å². The number of hydrogen-bond donors (Lipinski definition) is 2. The van der Waals surface area contributed by atoms with Gasteiger partial charge in [0.1, 0.15) is 11.6 Å². The Balaban J connectivity index is 1.50. The molecule has 0 aliphatic carbocycles. The smallest absolute Gasteiger partial charge is 0.326 e. The standard InChI is InChI=1S/C21H21N3O5/c1-13(18(25)22-11-14-6-4-3-5-7-14)24-19(26)21(2,23-20(24)27)15-8-9-16-17(10-15)29-12-28-16/h3-10,13H,11-12H2,1-2H3,(H,22,25)(H,23,27). The zero-order valence-corrected chi connectivity index (χ0v) is 16.1. The summed E-state index contributed by atoms with van der Waals surface area (Å²) in [6.07, 6.45) is 0. The Labute approximate surface area is 167 Å². The van der Waals surface area contributed by atoms with Gasteiger partial charge in [-0.1, -0.05) is 36.4 Å². The lowest BCUT2D eigenvalue weighted by Gasteiger charge is -2.24. The first kappa shape index (κ1) is 18.8. The topological polar surface area (TPSA) is 97.0 Å². The van der Waals surface area contributed by atoms with E-state index in [1.54, 1.807) is 25.1 Å². The van der Waals surface area contributed by atoms with Gasteiger partial charge in [-0.2, -0.15) is 0 Å². The van der Waals surface area contributed by atoms with Crippen molar-refractivity contribution in [1.29, 1.82) is 0 Å². The summed E-state index contributed by atoms with van der Waals surface area (Å²) >= 11 is 0. The lowest BCUT2D eigenvalue weighted by atomic mass is 9.91. The van der Waals surface area contributed by atoms with E-state index in [-0.39, 0.29) is 6.79 Å². The van der Waals surface area contributed by atoms with Crippen LogP contribution in [0.3, 0.4) is 0 Å². The summed E-state index contributed by atoms with van der Waals surface area (Å²) in [5.41, 5.74) is 0.182. The average molecular weight is 395 g/mol. The van der Waals surface area contributed by atoms with E-state index in [0.29, 0.717) is 23.6 Å². The van der Waals surface area contributed by atoms with E-state index in [0.717, 1.165) is 10.5 Å². The molecule has 4 amide bonds. The molecule has 2 atom stereocenters. The minimum Gasteiger partial charge on any atom is -0.454 e. The highest BCUT2D eigenvalue weighted by molar-refractivity contribution is 6.10. The Hall–Kier alpha value is -3.55. The number of nitrogens with zero attached hydrogens (tertiary/aromatic N) is 1. The molecule has 0 aromatic heterocycles. The fourth-order valence-corrected chi connectivity index (χ4v) is 3.47. The number of ether oxygens (including phenoxy) is 2. The van der Waals surface area contributed by atoms with Crippen molar-refractivity contribution in [2.75, 3.05) is 6.79 Å². The molecular weight excluding hydrogens is 374 g/mol. The van der Waals surface area contributed by atoms with Crippen molar-refractivity contribution in [3.8, 4) is 11.5 Å². The first-order valence-electron chi connectivity index (χ1n) is 9.28. The highest BCUT2D eigenvalue weighted by atomic mass is 16.7. The number of hydrogen-bond acceptors (Lipinski definition) is 5. The summed E-state index contributed by atoms with van der Waals surface area (Å²) in [6.45, 7) is 3.57. The molecule has 2 N–H and O–H groups in total. The van der Waals surface area contributed by atoms with E-state index in [1.165, 1.54) is 6.92 Å². The van der Waals surface area contributed by atoms with Gasteiger partial charge >= 0.3 is 6.03 Å². The lowest BCUT2D eigenvalue weighted by Crippen LogP contribution is -2.49. The van der Waals surface area contributed by atoms with Gasteiger partial charge in [0.25, 0.3) is 5.91 Å². The molecule has 2 aromatic rings. The summed E-state index contributed by atoms with van der Waals surface area (Å²) in [4.78, 5) is 39.3. The second-order valence-corrected chi connectivity index (χ2v) is 7.18. The van der Waals surface area contributed by atoms with E-state index >= 15 is 0 Å². The SMILES string of the molecule is CC(C(=O)NCc1ccccc1)N1C(=O)NC(C)(c2ccc3c(c2)OCO3)C1=O. The molecule has 8 heteroatoms. The van der Waals surface area contributed by atoms with Crippen LogP contribution in [0.2, 0.25) is 0 Å². The number of rotatable bonds is 5. The Bertz CT molecular complexity index is 978.